The van der Waals surface area contributed by atoms with Crippen molar-refractivity contribution < 1.29 is 0 Å². The van der Waals surface area contributed by atoms with Gasteiger partial charge < -0.3 is 9.80 Å². The second-order valence-electron chi connectivity index (χ2n) is 16.5. The highest BCUT2D eigenvalue weighted by molar-refractivity contribution is 5.80. The first-order chi connectivity index (χ1) is 29.8. The zero-order chi connectivity index (χ0) is 42.5. The molecule has 0 saturated heterocycles. The second kappa shape index (κ2) is 18.2. The number of fused-ring (bicyclic) bond motifs is 1. The molecule has 0 amide bonds. The number of aryl methyl sites for hydroxylation is 1. The summed E-state index contributed by atoms with van der Waals surface area (Å²) >= 11 is 0. The summed E-state index contributed by atoms with van der Waals surface area (Å²) in [6.07, 6.45) is 28.6. The van der Waals surface area contributed by atoms with E-state index in [0.717, 1.165) is 48.5 Å². The van der Waals surface area contributed by atoms with Gasteiger partial charge in [0, 0.05) is 35.6 Å². The van der Waals surface area contributed by atoms with Gasteiger partial charge in [0.15, 0.2) is 0 Å². The van der Waals surface area contributed by atoms with E-state index in [-0.39, 0.29) is 12.0 Å². The lowest BCUT2D eigenvalue weighted by Crippen LogP contribution is -2.31. The molecule has 302 valence electrons. The van der Waals surface area contributed by atoms with Crippen LogP contribution in [0, 0.1) is 12.8 Å². The molecule has 2 atom stereocenters. The third-order valence-electron chi connectivity index (χ3n) is 12.6. The van der Waals surface area contributed by atoms with E-state index in [2.05, 4.69) is 209 Å². The summed E-state index contributed by atoms with van der Waals surface area (Å²) < 4.78 is 0. The van der Waals surface area contributed by atoms with Crippen LogP contribution in [0.5, 0.6) is 0 Å². The Hall–Kier alpha value is -6.86. The highest BCUT2D eigenvalue weighted by atomic mass is 15.2. The van der Waals surface area contributed by atoms with E-state index in [1.54, 1.807) is 0 Å². The number of nitrogens with zero attached hydrogens (tertiary/aromatic N) is 2. The van der Waals surface area contributed by atoms with Crippen molar-refractivity contribution in [2.75, 3.05) is 4.90 Å². The van der Waals surface area contributed by atoms with Gasteiger partial charge in [0.05, 0.1) is 5.70 Å². The Morgan fingerprint density at radius 3 is 2.36 bits per heavy atom. The molecule has 2 unspecified atom stereocenters. The van der Waals surface area contributed by atoms with Crippen molar-refractivity contribution in [3.63, 3.8) is 0 Å². The third kappa shape index (κ3) is 8.33. The maximum Gasteiger partial charge on any atom is 0.0847 e. The minimum Gasteiger partial charge on any atom is -0.337 e. The van der Waals surface area contributed by atoms with Crippen LogP contribution >= 0.6 is 0 Å². The first-order valence-electron chi connectivity index (χ1n) is 21.6. The molecule has 2 nitrogen and oxygen atoms in total. The SMILES string of the molecule is C=C/C=C\C1=C(C)C(C2=C(C=C)CCC(C3=c4ccccc4=C(c4ccc(N(Cc5cc(C)ccc5C(=C)C)c5ccccc5)cc4)CC=C3)=C2)C(C)N1C1=C=CC=CC=C1. The Kier molecular flexibility index (Phi) is 12.2. The van der Waals surface area contributed by atoms with E-state index in [4.69, 9.17) is 0 Å². The van der Waals surface area contributed by atoms with Gasteiger partial charge >= 0.3 is 0 Å². The molecule has 0 saturated carbocycles. The quantitative estimate of drug-likeness (QED) is 0.104. The summed E-state index contributed by atoms with van der Waals surface area (Å²) in [6, 6.07) is 35.8. The molecular formula is C59H56N2. The van der Waals surface area contributed by atoms with E-state index < -0.39 is 0 Å². The van der Waals surface area contributed by atoms with Crippen LogP contribution in [-0.2, 0) is 6.54 Å². The van der Waals surface area contributed by atoms with Crippen LogP contribution in [0.3, 0.4) is 0 Å². The summed E-state index contributed by atoms with van der Waals surface area (Å²) in [4.78, 5) is 4.86. The highest BCUT2D eigenvalue weighted by Crippen LogP contribution is 2.46. The Morgan fingerprint density at radius 1 is 0.852 bits per heavy atom. The Balaban J connectivity index is 1.20. The number of benzene rings is 4. The van der Waals surface area contributed by atoms with Crippen molar-refractivity contribution >= 4 is 28.1 Å². The lowest BCUT2D eigenvalue weighted by Gasteiger charge is -2.31. The fourth-order valence-electron chi connectivity index (χ4n) is 9.63. The Morgan fingerprint density at radius 2 is 1.61 bits per heavy atom. The van der Waals surface area contributed by atoms with Crippen molar-refractivity contribution in [2.24, 2.45) is 5.92 Å². The number of allylic oxidation sites excluding steroid dienone is 14. The molecular weight excluding hydrogens is 737 g/mol. The van der Waals surface area contributed by atoms with Crippen molar-refractivity contribution in [1.82, 2.24) is 4.90 Å². The van der Waals surface area contributed by atoms with Gasteiger partial charge in [-0.25, -0.2) is 0 Å². The van der Waals surface area contributed by atoms with Crippen LogP contribution in [0.25, 0.3) is 16.7 Å². The molecule has 2 heteroatoms. The largest absolute Gasteiger partial charge is 0.337 e. The molecule has 0 aromatic heterocycles. The van der Waals surface area contributed by atoms with Crippen LogP contribution in [0.1, 0.15) is 62.3 Å². The molecule has 1 aliphatic heterocycles. The van der Waals surface area contributed by atoms with E-state index in [1.165, 1.54) is 71.8 Å². The number of hydrogen-bond acceptors (Lipinski definition) is 2. The van der Waals surface area contributed by atoms with Gasteiger partial charge in [-0.3, -0.25) is 0 Å². The first-order valence-corrected chi connectivity index (χ1v) is 21.6. The predicted octanol–water partition coefficient (Wildman–Crippen LogP) is 13.4. The number of anilines is 2. The van der Waals surface area contributed by atoms with Crippen LogP contribution < -0.4 is 15.3 Å². The van der Waals surface area contributed by atoms with Crippen LogP contribution in [-0.4, -0.2) is 10.9 Å². The molecule has 0 spiro atoms. The van der Waals surface area contributed by atoms with E-state index in [0.29, 0.717) is 0 Å². The molecule has 0 bridgehead atoms. The standard InChI is InChI=1S/C59H56N2/c1-8-10-29-58-43(6)59(44(7)61(58)51-23-14-11-12-15-24-51)57-39-47(32-31-45(57)9-2)54-28-20-27-53(55-25-18-19-26-56(54)55)46-33-35-50(36-34-46)60(49-21-16-13-17-22-49)40-48-38-42(5)30-37-52(48)41(3)4/h8-23,25-26,28-30,33-39,44,59H,1-3,27,31-32,40H2,4-7H3/b29-10-. The number of rotatable bonds is 12. The summed E-state index contributed by atoms with van der Waals surface area (Å²) in [5.74, 6) is 0.187. The Bertz CT molecular complexity index is 2820. The molecule has 4 aromatic rings. The highest BCUT2D eigenvalue weighted by Gasteiger charge is 2.39. The molecule has 4 aromatic carbocycles. The van der Waals surface area contributed by atoms with Crippen LogP contribution in [0.2, 0.25) is 0 Å². The monoisotopic (exact) mass is 792 g/mol. The van der Waals surface area contributed by atoms with E-state index >= 15 is 0 Å². The fraction of sp³-hybridized carbons (Fsp3) is 0.169. The molecule has 4 aliphatic rings. The number of para-hydroxylation sites is 1. The summed E-state index contributed by atoms with van der Waals surface area (Å²) in [5.41, 5.74) is 22.2. The van der Waals surface area contributed by atoms with E-state index in [9.17, 15) is 0 Å². The van der Waals surface area contributed by atoms with Crippen LogP contribution in [0.15, 0.2) is 229 Å². The zero-order valence-corrected chi connectivity index (χ0v) is 36.2. The molecule has 0 N–H and O–H groups in total. The van der Waals surface area contributed by atoms with Crippen molar-refractivity contribution in [3.05, 3.63) is 262 Å². The first kappa shape index (κ1) is 40.9. The average molecular weight is 793 g/mol. The summed E-state index contributed by atoms with van der Waals surface area (Å²) in [5, 5.41) is 2.58. The average Bonchev–Trinajstić information content (AvgIpc) is 3.52. The second-order valence-corrected chi connectivity index (χ2v) is 16.5. The van der Waals surface area contributed by atoms with Crippen molar-refractivity contribution in [2.45, 2.75) is 59.5 Å². The minimum atomic E-state index is 0.177. The topological polar surface area (TPSA) is 6.48 Å². The van der Waals surface area contributed by atoms with Crippen molar-refractivity contribution in [1.29, 1.82) is 0 Å². The van der Waals surface area contributed by atoms with Crippen LogP contribution in [0.4, 0.5) is 11.4 Å². The van der Waals surface area contributed by atoms with Gasteiger partial charge in [0.2, 0.25) is 0 Å². The smallest absolute Gasteiger partial charge is 0.0847 e. The van der Waals surface area contributed by atoms with Crippen molar-refractivity contribution in [3.8, 4) is 0 Å². The molecule has 3 aliphatic carbocycles. The molecule has 1 heterocycles. The van der Waals surface area contributed by atoms with Gasteiger partial charge in [0.25, 0.3) is 0 Å². The zero-order valence-electron chi connectivity index (χ0n) is 36.2. The summed E-state index contributed by atoms with van der Waals surface area (Å²) in [7, 11) is 0. The lowest BCUT2D eigenvalue weighted by molar-refractivity contribution is 0.344. The van der Waals surface area contributed by atoms with Gasteiger partial charge in [0.1, 0.15) is 0 Å². The van der Waals surface area contributed by atoms with Gasteiger partial charge in [-0.2, -0.15) is 0 Å². The summed E-state index contributed by atoms with van der Waals surface area (Å²) in [6.45, 7) is 22.3. The lowest BCUT2D eigenvalue weighted by atomic mass is 9.78. The molecule has 8 rings (SSSR count). The molecule has 0 radical (unpaired) electrons. The van der Waals surface area contributed by atoms with Gasteiger partial charge in [-0.05, 0) is 150 Å². The maximum atomic E-state index is 4.33. The third-order valence-corrected chi connectivity index (χ3v) is 12.6. The minimum absolute atomic E-state index is 0.177. The maximum absolute atomic E-state index is 4.33. The normalized spacial score (nSPS) is 18.6. The van der Waals surface area contributed by atoms with E-state index in [1.807, 2.05) is 24.3 Å². The Labute approximate surface area is 363 Å². The number of hydrogen-bond donors (Lipinski definition) is 0. The molecule has 0 fully saturated rings. The molecule has 61 heavy (non-hydrogen) atoms. The van der Waals surface area contributed by atoms with Gasteiger partial charge in [-0.15, -0.1) is 0 Å². The predicted molar refractivity (Wildman–Crippen MR) is 261 cm³/mol. The van der Waals surface area contributed by atoms with Gasteiger partial charge in [-0.1, -0.05) is 164 Å². The fourth-order valence-corrected chi connectivity index (χ4v) is 9.63.